The second-order valence-electron chi connectivity index (χ2n) is 4.74. The predicted molar refractivity (Wildman–Crippen MR) is 52.5 cm³/mol. The zero-order valence-corrected chi connectivity index (χ0v) is 10.6. The molecule has 0 radical (unpaired) electrons. The maximum atomic E-state index is 11.4. The number of carbonyl (C=O) groups is 2. The van der Waals surface area contributed by atoms with Gasteiger partial charge in [-0.15, -0.1) is 0 Å². The zero-order chi connectivity index (χ0) is 12.3. The minimum Gasteiger partial charge on any atom is -0.548 e. The number of hydrogen-bond donors (Lipinski definition) is 1. The fourth-order valence-corrected chi connectivity index (χ4v) is 1.25. The number of carboxylic acids is 1. The summed E-state index contributed by atoms with van der Waals surface area (Å²) in [5.41, 5.74) is -0.656. The molecule has 1 saturated heterocycles. The van der Waals surface area contributed by atoms with Crippen LogP contribution in [0.5, 0.6) is 0 Å². The average molecular weight is 237 g/mol. The van der Waals surface area contributed by atoms with Crippen LogP contribution in [0, 0.1) is 5.92 Å². The summed E-state index contributed by atoms with van der Waals surface area (Å²) in [6.45, 7) is 5.73. The van der Waals surface area contributed by atoms with Crippen LogP contribution in [0.3, 0.4) is 0 Å². The largest absolute Gasteiger partial charge is 1.00 e. The van der Waals surface area contributed by atoms with Gasteiger partial charge in [-0.25, -0.2) is 4.79 Å². The summed E-state index contributed by atoms with van der Waals surface area (Å²) < 4.78 is 9.82. The number of rotatable bonds is 3. The van der Waals surface area contributed by atoms with Gasteiger partial charge in [0.15, 0.2) is 0 Å². The number of carbonyl (C=O) groups excluding carboxylic acids is 2. The van der Waals surface area contributed by atoms with Gasteiger partial charge in [0.2, 0.25) is 0 Å². The predicted octanol–water partition coefficient (Wildman–Crippen LogP) is -3.72. The van der Waals surface area contributed by atoms with Crippen LogP contribution < -0.4 is 29.3 Å². The number of hydrogen-bond acceptors (Lipinski definition) is 5. The third-order valence-electron chi connectivity index (χ3n) is 2.06. The Morgan fingerprint density at radius 3 is 2.24 bits per heavy atom. The van der Waals surface area contributed by atoms with Gasteiger partial charge in [0.1, 0.15) is 5.60 Å². The van der Waals surface area contributed by atoms with Gasteiger partial charge < -0.3 is 24.7 Å². The summed E-state index contributed by atoms with van der Waals surface area (Å²) in [6, 6.07) is -1.05. The van der Waals surface area contributed by atoms with Crippen molar-refractivity contribution in [3.8, 4) is 0 Å². The van der Waals surface area contributed by atoms with Crippen molar-refractivity contribution in [3.05, 3.63) is 0 Å². The molecule has 1 aliphatic rings. The Balaban J connectivity index is 0.00000256. The first-order valence-electron chi connectivity index (χ1n) is 5.08. The van der Waals surface area contributed by atoms with Crippen LogP contribution in [0.1, 0.15) is 20.8 Å². The Morgan fingerprint density at radius 1 is 1.41 bits per heavy atom. The number of nitrogens with one attached hydrogen (secondary N) is 1. The smallest absolute Gasteiger partial charge is 0.548 e. The minimum absolute atomic E-state index is 0. The molecule has 1 fully saturated rings. The molecule has 0 aromatic heterocycles. The molecule has 1 heterocycles. The molecule has 1 amide bonds. The number of amides is 1. The first kappa shape index (κ1) is 16.3. The summed E-state index contributed by atoms with van der Waals surface area (Å²) >= 11 is 0. The fourth-order valence-electron chi connectivity index (χ4n) is 1.25. The molecule has 92 valence electrons. The summed E-state index contributed by atoms with van der Waals surface area (Å²) in [4.78, 5) is 22.2. The number of aliphatic carboxylic acids is 1. The number of ether oxygens (including phenoxy) is 2. The molecule has 1 aliphatic heterocycles. The van der Waals surface area contributed by atoms with E-state index >= 15 is 0 Å². The van der Waals surface area contributed by atoms with E-state index < -0.39 is 23.7 Å². The SMILES string of the molecule is CC(C)(C)OC(=O)NC(C(=O)[O-])C1COC1.[Li+]. The first-order chi connectivity index (χ1) is 7.29. The minimum atomic E-state index is -1.32. The van der Waals surface area contributed by atoms with Crippen LogP contribution in [-0.2, 0) is 14.3 Å². The van der Waals surface area contributed by atoms with E-state index in [0.29, 0.717) is 13.2 Å². The van der Waals surface area contributed by atoms with Gasteiger partial charge in [0.25, 0.3) is 0 Å². The van der Waals surface area contributed by atoms with E-state index in [1.165, 1.54) is 0 Å². The van der Waals surface area contributed by atoms with E-state index in [4.69, 9.17) is 9.47 Å². The average Bonchev–Trinajstić information content (AvgIpc) is 1.95. The third kappa shape index (κ3) is 5.44. The second kappa shape index (κ2) is 6.29. The van der Waals surface area contributed by atoms with Crippen LogP contribution in [0.4, 0.5) is 4.79 Å². The molecule has 0 spiro atoms. The van der Waals surface area contributed by atoms with E-state index in [2.05, 4.69) is 5.32 Å². The molecular weight excluding hydrogens is 221 g/mol. The molecule has 7 heteroatoms. The van der Waals surface area contributed by atoms with Crippen molar-refractivity contribution < 1.29 is 43.0 Å². The van der Waals surface area contributed by atoms with Crippen molar-refractivity contribution in [2.45, 2.75) is 32.4 Å². The molecule has 6 nitrogen and oxygen atoms in total. The molecule has 0 saturated carbocycles. The molecule has 0 aromatic carbocycles. The van der Waals surface area contributed by atoms with E-state index in [1.807, 2.05) is 0 Å². The zero-order valence-electron chi connectivity index (χ0n) is 10.6. The Hall–Kier alpha value is -0.703. The van der Waals surface area contributed by atoms with Crippen LogP contribution in [-0.4, -0.2) is 36.9 Å². The van der Waals surface area contributed by atoms with E-state index in [9.17, 15) is 14.7 Å². The monoisotopic (exact) mass is 237 g/mol. The normalized spacial score (nSPS) is 17.4. The molecule has 0 aliphatic carbocycles. The van der Waals surface area contributed by atoms with E-state index in [-0.39, 0.29) is 24.8 Å². The summed E-state index contributed by atoms with van der Waals surface area (Å²) in [6.07, 6.45) is -0.756. The standard InChI is InChI=1S/C10H17NO5.Li/c1-10(2,3)16-9(14)11-7(8(12)13)6-4-15-5-6;/h6-7H,4-5H2,1-3H3,(H,11,14)(H,12,13);/q;+1/p-1. The van der Waals surface area contributed by atoms with Gasteiger partial charge in [-0.3, -0.25) is 0 Å². The van der Waals surface area contributed by atoms with Gasteiger partial charge in [-0.05, 0) is 20.8 Å². The van der Waals surface area contributed by atoms with Gasteiger partial charge in [-0.2, -0.15) is 0 Å². The van der Waals surface area contributed by atoms with Crippen molar-refractivity contribution in [2.75, 3.05) is 13.2 Å². The van der Waals surface area contributed by atoms with Gasteiger partial charge in [0, 0.05) is 5.92 Å². The number of alkyl carbamates (subject to hydrolysis) is 1. The maximum absolute atomic E-state index is 11.4. The van der Waals surface area contributed by atoms with Crippen LogP contribution in [0.25, 0.3) is 0 Å². The third-order valence-corrected chi connectivity index (χ3v) is 2.06. The van der Waals surface area contributed by atoms with Crippen LogP contribution in [0.15, 0.2) is 0 Å². The molecule has 0 bridgehead atoms. The molecule has 1 unspecified atom stereocenters. The summed E-state index contributed by atoms with van der Waals surface area (Å²) in [5, 5.41) is 13.1. The molecule has 1 N–H and O–H groups in total. The van der Waals surface area contributed by atoms with Crippen molar-refractivity contribution >= 4 is 12.1 Å². The van der Waals surface area contributed by atoms with Crippen molar-refractivity contribution in [2.24, 2.45) is 5.92 Å². The van der Waals surface area contributed by atoms with Gasteiger partial charge >= 0.3 is 25.0 Å². The Kier molecular flexibility index (Phi) is 6.03. The summed E-state index contributed by atoms with van der Waals surface area (Å²) in [5.74, 6) is -1.56. The van der Waals surface area contributed by atoms with Crippen molar-refractivity contribution in [1.82, 2.24) is 5.32 Å². The van der Waals surface area contributed by atoms with Gasteiger partial charge in [-0.1, -0.05) is 0 Å². The molecule has 1 rings (SSSR count). The Morgan fingerprint density at radius 2 is 1.94 bits per heavy atom. The van der Waals surface area contributed by atoms with E-state index in [1.54, 1.807) is 20.8 Å². The maximum Gasteiger partial charge on any atom is 1.00 e. The van der Waals surface area contributed by atoms with Crippen molar-refractivity contribution in [1.29, 1.82) is 0 Å². The fraction of sp³-hybridized carbons (Fsp3) is 0.800. The van der Waals surface area contributed by atoms with Crippen LogP contribution in [0.2, 0.25) is 0 Å². The van der Waals surface area contributed by atoms with Crippen molar-refractivity contribution in [3.63, 3.8) is 0 Å². The topological polar surface area (TPSA) is 87.7 Å². The summed E-state index contributed by atoms with van der Waals surface area (Å²) in [7, 11) is 0. The Bertz CT molecular complexity index is 285. The van der Waals surface area contributed by atoms with Gasteiger partial charge in [0.05, 0.1) is 25.2 Å². The van der Waals surface area contributed by atoms with Crippen LogP contribution >= 0.6 is 0 Å². The molecule has 1 atom stereocenters. The second-order valence-corrected chi connectivity index (χ2v) is 4.74. The first-order valence-corrected chi connectivity index (χ1v) is 5.08. The quantitative estimate of drug-likeness (QED) is 0.510. The molecular formula is C10H16LiNO5. The number of carboxylic acid groups (broad SMARTS) is 1. The molecule has 0 aromatic rings. The Labute approximate surface area is 112 Å². The molecule has 17 heavy (non-hydrogen) atoms. The van der Waals surface area contributed by atoms with E-state index in [0.717, 1.165) is 0 Å².